The van der Waals surface area contributed by atoms with Crippen molar-refractivity contribution in [1.82, 2.24) is 54.7 Å². The number of anilines is 4. The first kappa shape index (κ1) is 80.6. The van der Waals surface area contributed by atoms with Crippen LogP contribution in [0.4, 0.5) is 22.7 Å². The standard InChI is InChI=1S/C25H27N5O2S.C25H21N3OS.C24H20N4OS.C21H19N3O2S/c1-14-21(26-15(2)23(14)25(32)30-9-7-29(4)8-10-30)12-19-18-11-17(22-13-33-16(3)27-22)5-6-20(18)28-24(19)31;1-14-15(2)22(26-16(14)3)12-20-19-11-18(9-10-21(19)27-24(20)29)23-13-30-25(28-23)17-7-5-4-6-8-17;1-13-14(2)21(26-15(13)3)10-19-18-9-16(6-7-20(18)27-23(19)29)22-12-30-24(28-22)17-5-4-8-25-11-17;1-10-18(22-11(2)20(10)12(3)25)8-16-15-7-14(19-9-27-13(4)23-19)5-6-17(15)24-21(16)26/h5-6,11-13,26H,7-10H2,1-4H3,(H,28,31);4-13,26H,1-3H3,(H,27,29);4-12,26H,1-3H3,(H,27,29);5-9,22H,1-4H3,(H,24,26)/b19-12-;20-12-;19-10-;16-8-. The zero-order valence-corrected chi connectivity index (χ0v) is 72.1. The molecule has 9 aromatic heterocycles. The molecule has 1 saturated heterocycles. The SMILES string of the molecule is CC(=O)c1c(C)[nH]c(/C=C2\C(=O)Nc3ccc(-c4csc(C)n4)cc32)c1C.Cc1[nH]c(/C=C2\C(=O)Nc3ccc(-c4csc(-c5ccccc5)n4)cc32)c(C)c1C.Cc1[nH]c(/C=C2\C(=O)Nc3ccc(-c4csc(-c5cccnc5)n4)cc32)c(C)c1C.Cc1nc(-c2ccc3c(c2)/C(=C/c2[nH]c(C)c(C(=O)N4CCN(C)CC4)c2C)C(=O)N3)cs1. The van der Waals surface area contributed by atoms with Crippen molar-refractivity contribution >= 4 is 150 Å². The summed E-state index contributed by atoms with van der Waals surface area (Å²) in [6.07, 6.45) is 11.2. The van der Waals surface area contributed by atoms with E-state index in [4.69, 9.17) is 9.97 Å². The summed E-state index contributed by atoms with van der Waals surface area (Å²) in [6.45, 7) is 28.8. The number of hydrogen-bond donors (Lipinski definition) is 8. The van der Waals surface area contributed by atoms with Gasteiger partial charge in [-0.15, -0.1) is 45.3 Å². The lowest BCUT2D eigenvalue weighted by Crippen LogP contribution is -2.47. The van der Waals surface area contributed by atoms with E-state index in [1.807, 2.05) is 197 Å². The molecule has 14 aromatic rings. The summed E-state index contributed by atoms with van der Waals surface area (Å²) < 4.78 is 0. The molecular weight excluding hydrogens is 1580 g/mol. The average molecular weight is 1660 g/mol. The van der Waals surface area contributed by atoms with Gasteiger partial charge < -0.3 is 51.0 Å². The minimum Gasteiger partial charge on any atom is -0.359 e. The van der Waals surface area contributed by atoms with Crippen LogP contribution in [0.25, 0.3) is 113 Å². The predicted molar refractivity (Wildman–Crippen MR) is 488 cm³/mol. The Morgan fingerprint density at radius 1 is 0.375 bits per heavy atom. The van der Waals surface area contributed by atoms with E-state index < -0.39 is 0 Å². The topological polar surface area (TPSA) is 285 Å². The molecule has 5 aliphatic rings. The number of benzene rings is 5. The van der Waals surface area contributed by atoms with Crippen molar-refractivity contribution in [1.29, 1.82) is 0 Å². The Hall–Kier alpha value is -13.2. The van der Waals surface area contributed by atoms with Gasteiger partial charge in [0.05, 0.1) is 60.6 Å². The Kier molecular flexibility index (Phi) is 22.4. The zero-order chi connectivity index (χ0) is 84.2. The number of piperazine rings is 1. The molecular formula is C95H87N15O6S4. The molecule has 120 heavy (non-hydrogen) atoms. The highest BCUT2D eigenvalue weighted by Crippen LogP contribution is 2.44. The van der Waals surface area contributed by atoms with E-state index in [-0.39, 0.29) is 35.3 Å². The average Bonchev–Trinajstić information content (AvgIpc) is 1.62. The quantitative estimate of drug-likeness (QED) is 0.0419. The number of fused-ring (bicyclic) bond motifs is 4. The minimum atomic E-state index is -0.146. The molecule has 19 rings (SSSR count). The van der Waals surface area contributed by atoms with Gasteiger partial charge in [-0.2, -0.15) is 0 Å². The van der Waals surface area contributed by atoms with Gasteiger partial charge in [0.2, 0.25) is 0 Å². The molecule has 0 aliphatic carbocycles. The van der Waals surface area contributed by atoms with E-state index in [1.165, 1.54) is 16.7 Å². The molecule has 0 unspecified atom stereocenters. The fourth-order valence-electron chi connectivity index (χ4n) is 15.6. The highest BCUT2D eigenvalue weighted by atomic mass is 32.1. The lowest BCUT2D eigenvalue weighted by molar-refractivity contribution is -0.111. The van der Waals surface area contributed by atoms with Crippen LogP contribution >= 0.6 is 45.3 Å². The lowest BCUT2D eigenvalue weighted by Gasteiger charge is -2.32. The first-order valence-electron chi connectivity index (χ1n) is 39.3. The number of nitrogens with one attached hydrogen (secondary N) is 8. The number of aryl methyl sites for hydroxylation is 6. The minimum absolute atomic E-state index is 0.0170. The second-order valence-electron chi connectivity index (χ2n) is 30.6. The van der Waals surface area contributed by atoms with E-state index in [0.717, 1.165) is 210 Å². The van der Waals surface area contributed by atoms with Gasteiger partial charge in [-0.1, -0.05) is 54.6 Å². The molecule has 0 saturated carbocycles. The maximum absolute atomic E-state index is 13.2. The van der Waals surface area contributed by atoms with Crippen molar-refractivity contribution in [3.63, 3.8) is 0 Å². The highest BCUT2D eigenvalue weighted by Gasteiger charge is 2.32. The van der Waals surface area contributed by atoms with Crippen LogP contribution in [0.5, 0.6) is 0 Å². The number of rotatable bonds is 12. The van der Waals surface area contributed by atoms with Gasteiger partial charge in [-0.25, -0.2) is 19.9 Å². The monoisotopic (exact) mass is 1660 g/mol. The molecule has 5 aliphatic heterocycles. The largest absolute Gasteiger partial charge is 0.359 e. The van der Waals surface area contributed by atoms with E-state index in [0.29, 0.717) is 33.4 Å². The van der Waals surface area contributed by atoms with Crippen LogP contribution < -0.4 is 21.3 Å². The Balaban J connectivity index is 0.000000119. The first-order valence-corrected chi connectivity index (χ1v) is 42.8. The molecule has 5 aromatic carbocycles. The normalized spacial score (nSPS) is 15.2. The van der Waals surface area contributed by atoms with Crippen molar-refractivity contribution in [2.45, 2.75) is 90.0 Å². The number of pyridine rings is 1. The molecule has 14 heterocycles. The number of thiazole rings is 4. The van der Waals surface area contributed by atoms with Gasteiger partial charge in [0, 0.05) is 190 Å². The molecule has 8 N–H and O–H groups in total. The number of carbonyl (C=O) groups excluding carboxylic acids is 6. The van der Waals surface area contributed by atoms with Gasteiger partial charge in [0.25, 0.3) is 29.5 Å². The van der Waals surface area contributed by atoms with Crippen LogP contribution in [0, 0.1) is 83.1 Å². The van der Waals surface area contributed by atoms with Crippen molar-refractivity contribution in [2.75, 3.05) is 54.5 Å². The van der Waals surface area contributed by atoms with Gasteiger partial charge in [0.1, 0.15) is 10.0 Å². The number of amides is 5. The van der Waals surface area contributed by atoms with Gasteiger partial charge in [-0.05, 0) is 215 Å². The summed E-state index contributed by atoms with van der Waals surface area (Å²) in [7, 11) is 2.07. The number of nitrogens with zero attached hydrogens (tertiary/aromatic N) is 7. The van der Waals surface area contributed by atoms with Gasteiger partial charge in [-0.3, -0.25) is 33.8 Å². The first-order chi connectivity index (χ1) is 57.7. The molecule has 1 fully saturated rings. The Morgan fingerprint density at radius 2 is 0.725 bits per heavy atom. The van der Waals surface area contributed by atoms with E-state index in [9.17, 15) is 28.8 Å². The maximum atomic E-state index is 13.2. The van der Waals surface area contributed by atoms with Crippen LogP contribution in [0.3, 0.4) is 0 Å². The molecule has 25 heteroatoms. The molecule has 0 atom stereocenters. The van der Waals surface area contributed by atoms with E-state index >= 15 is 0 Å². The number of ketones is 1. The van der Waals surface area contributed by atoms with E-state index in [2.05, 4.69) is 126 Å². The molecule has 5 amide bonds. The number of aromatic amines is 4. The van der Waals surface area contributed by atoms with Crippen molar-refractivity contribution in [3.05, 3.63) is 272 Å². The fraction of sp³-hybridized carbons (Fsp3) is 0.189. The Bertz CT molecular complexity index is 6430. The number of hydrogen-bond acceptors (Lipinski definition) is 16. The number of carbonyl (C=O) groups is 6. The summed E-state index contributed by atoms with van der Waals surface area (Å²) in [5.74, 6) is -0.377. The maximum Gasteiger partial charge on any atom is 0.256 e. The van der Waals surface area contributed by atoms with Crippen molar-refractivity contribution in [2.24, 2.45) is 0 Å². The summed E-state index contributed by atoms with van der Waals surface area (Å²) in [4.78, 5) is 116. The molecule has 602 valence electrons. The highest BCUT2D eigenvalue weighted by molar-refractivity contribution is 7.13. The molecule has 21 nitrogen and oxygen atoms in total. The van der Waals surface area contributed by atoms with Crippen LogP contribution in [0.1, 0.15) is 139 Å². The smallest absolute Gasteiger partial charge is 0.256 e. The zero-order valence-electron chi connectivity index (χ0n) is 68.8. The third kappa shape index (κ3) is 16.1. The van der Waals surface area contributed by atoms with Gasteiger partial charge >= 0.3 is 0 Å². The van der Waals surface area contributed by atoms with Crippen molar-refractivity contribution in [3.8, 4) is 66.2 Å². The number of likely N-dealkylation sites (N-methyl/N-ethyl adjacent to an activating group) is 1. The van der Waals surface area contributed by atoms with Crippen LogP contribution in [-0.2, 0) is 19.2 Å². The Morgan fingerprint density at radius 3 is 1.07 bits per heavy atom. The van der Waals surface area contributed by atoms with Crippen LogP contribution in [-0.4, -0.2) is 123 Å². The Labute approximate surface area is 710 Å². The number of H-pyrrole nitrogens is 4. The molecule has 0 bridgehead atoms. The van der Waals surface area contributed by atoms with Gasteiger partial charge in [0.15, 0.2) is 5.78 Å². The summed E-state index contributed by atoms with van der Waals surface area (Å²) in [5, 5.41) is 23.9. The summed E-state index contributed by atoms with van der Waals surface area (Å²) in [6, 6.07) is 37.9. The fourth-order valence-corrected chi connectivity index (χ4v) is 18.5. The summed E-state index contributed by atoms with van der Waals surface area (Å²) in [5.41, 5.74) is 34.3. The predicted octanol–water partition coefficient (Wildman–Crippen LogP) is 20.5. The third-order valence-corrected chi connectivity index (χ3v) is 26.1. The number of Topliss-reactive ketones (excluding diaryl/α,β-unsaturated/α-hetero) is 1. The lowest BCUT2D eigenvalue weighted by atomic mass is 10.0. The molecule has 0 spiro atoms. The van der Waals surface area contributed by atoms with Crippen LogP contribution in [0.15, 0.2) is 149 Å². The summed E-state index contributed by atoms with van der Waals surface area (Å²) >= 11 is 6.42. The van der Waals surface area contributed by atoms with Crippen molar-refractivity contribution < 1.29 is 28.8 Å². The van der Waals surface area contributed by atoms with Crippen LogP contribution in [0.2, 0.25) is 0 Å². The third-order valence-electron chi connectivity index (χ3n) is 22.7. The second kappa shape index (κ2) is 33.3. The number of aromatic nitrogens is 9. The van der Waals surface area contributed by atoms with E-state index in [1.54, 1.807) is 58.5 Å². The molecule has 0 radical (unpaired) electrons. The second-order valence-corrected chi connectivity index (χ2v) is 34.4.